The van der Waals surface area contributed by atoms with Crippen LogP contribution >= 0.6 is 0 Å². The first-order valence-corrected chi connectivity index (χ1v) is 13.5. The minimum atomic E-state index is -0.645. The van der Waals surface area contributed by atoms with Crippen LogP contribution in [-0.2, 0) is 14.3 Å². The normalized spacial score (nSPS) is 21.5. The van der Waals surface area contributed by atoms with Crippen LogP contribution in [0.15, 0.2) is 36.4 Å². The van der Waals surface area contributed by atoms with Crippen molar-refractivity contribution in [1.29, 1.82) is 0 Å². The van der Waals surface area contributed by atoms with Crippen LogP contribution in [-0.4, -0.2) is 35.5 Å². The van der Waals surface area contributed by atoms with Gasteiger partial charge in [-0.25, -0.2) is 4.79 Å². The number of ketones is 1. The number of hydrogen-bond donors (Lipinski definition) is 1. The fraction of sp³-hybridized carbons (Fsp3) is 0.452. The number of allylic oxidation sites excluding steroid dienone is 1. The highest BCUT2D eigenvalue weighted by Crippen LogP contribution is 2.47. The van der Waals surface area contributed by atoms with Gasteiger partial charge in [0.1, 0.15) is 28.6 Å². The number of esters is 2. The minimum absolute atomic E-state index is 0.0286. The third-order valence-corrected chi connectivity index (χ3v) is 6.84. The van der Waals surface area contributed by atoms with Gasteiger partial charge in [-0.1, -0.05) is 38.1 Å². The number of ether oxygens (including phenoxy) is 3. The van der Waals surface area contributed by atoms with E-state index in [4.69, 9.17) is 14.2 Å². The zero-order valence-electron chi connectivity index (χ0n) is 22.3. The number of hydrogen-bond acceptors (Lipinski definition) is 7. The van der Waals surface area contributed by atoms with Gasteiger partial charge in [0.25, 0.3) is 0 Å². The molecule has 7 heteroatoms. The van der Waals surface area contributed by atoms with Crippen LogP contribution in [0.5, 0.6) is 17.2 Å². The highest BCUT2D eigenvalue weighted by Gasteiger charge is 2.35. The summed E-state index contributed by atoms with van der Waals surface area (Å²) in [5, 5.41) is 11.5. The summed E-state index contributed by atoms with van der Waals surface area (Å²) in [5.41, 5.74) is 1.66. The standard InChI is InChI=1S/C31H36O7/c1-19(2)18-36-24-14-12-21(13-15-24)25-17-27(33)38-26-16-22-9-5-4-6-10-23(32)11-7-8-20(3)37-31(35)28(22)30(34)29(25)26/h5,9,12-16,19-20,25,34H,4,6-8,10-11,17-18H2,1-3H3/b9-5+. The van der Waals surface area contributed by atoms with Gasteiger partial charge in [-0.15, -0.1) is 0 Å². The first-order valence-electron chi connectivity index (χ1n) is 13.5. The summed E-state index contributed by atoms with van der Waals surface area (Å²) in [6.07, 6.45) is 6.70. The predicted octanol–water partition coefficient (Wildman–Crippen LogP) is 6.35. The van der Waals surface area contributed by atoms with Crippen molar-refractivity contribution < 1.29 is 33.7 Å². The molecule has 0 spiro atoms. The summed E-state index contributed by atoms with van der Waals surface area (Å²) in [4.78, 5) is 38.0. The molecule has 0 radical (unpaired) electrons. The summed E-state index contributed by atoms with van der Waals surface area (Å²) in [7, 11) is 0. The average molecular weight is 521 g/mol. The molecule has 7 nitrogen and oxygen atoms in total. The largest absolute Gasteiger partial charge is 0.507 e. The van der Waals surface area contributed by atoms with E-state index in [1.54, 1.807) is 19.1 Å². The quantitative estimate of drug-likeness (QED) is 0.370. The number of rotatable bonds is 4. The number of carbonyl (C=O) groups excluding carboxylic acids is 3. The highest BCUT2D eigenvalue weighted by molar-refractivity contribution is 5.98. The van der Waals surface area contributed by atoms with Crippen LogP contribution < -0.4 is 9.47 Å². The Kier molecular flexibility index (Phi) is 8.87. The second-order valence-electron chi connectivity index (χ2n) is 10.5. The number of phenolic OH excluding ortho intramolecular Hbond substituents is 1. The van der Waals surface area contributed by atoms with Gasteiger partial charge in [0, 0.05) is 24.3 Å². The molecule has 0 aliphatic carbocycles. The van der Waals surface area contributed by atoms with Gasteiger partial charge in [-0.2, -0.15) is 0 Å². The monoisotopic (exact) mass is 520 g/mol. The van der Waals surface area contributed by atoms with Gasteiger partial charge in [0.15, 0.2) is 0 Å². The molecule has 0 bridgehead atoms. The third-order valence-electron chi connectivity index (χ3n) is 6.84. The van der Waals surface area contributed by atoms with Crippen molar-refractivity contribution in [3.05, 3.63) is 58.7 Å². The zero-order valence-corrected chi connectivity index (χ0v) is 22.3. The Labute approximate surface area is 223 Å². The van der Waals surface area contributed by atoms with Crippen LogP contribution in [0.4, 0.5) is 0 Å². The third kappa shape index (κ3) is 6.63. The lowest BCUT2D eigenvalue weighted by molar-refractivity contribution is -0.135. The van der Waals surface area contributed by atoms with Crippen molar-refractivity contribution in [1.82, 2.24) is 0 Å². The highest BCUT2D eigenvalue weighted by atomic mass is 16.5. The summed E-state index contributed by atoms with van der Waals surface area (Å²) >= 11 is 0. The van der Waals surface area contributed by atoms with Crippen LogP contribution in [0.3, 0.4) is 0 Å². The Bertz CT molecular complexity index is 1210. The SMILES string of the molecule is CC(C)COc1ccc(C2CC(=O)Oc3cc4c(c(O)c32)C(=O)OC(C)CCCC(=O)CCC/C=C/4)cc1. The van der Waals surface area contributed by atoms with Crippen molar-refractivity contribution in [3.8, 4) is 17.2 Å². The Balaban J connectivity index is 1.73. The summed E-state index contributed by atoms with van der Waals surface area (Å²) in [5.74, 6) is -0.248. The number of aromatic hydroxyl groups is 1. The van der Waals surface area contributed by atoms with Crippen molar-refractivity contribution in [2.24, 2.45) is 5.92 Å². The summed E-state index contributed by atoms with van der Waals surface area (Å²) in [6.45, 7) is 6.52. The number of fused-ring (bicyclic) bond motifs is 2. The molecule has 0 saturated carbocycles. The Morgan fingerprint density at radius 1 is 1.08 bits per heavy atom. The van der Waals surface area contributed by atoms with E-state index in [2.05, 4.69) is 13.8 Å². The van der Waals surface area contributed by atoms with Crippen LogP contribution in [0.2, 0.25) is 0 Å². The molecule has 0 amide bonds. The number of phenols is 1. The lowest BCUT2D eigenvalue weighted by Crippen LogP contribution is -2.23. The van der Waals surface area contributed by atoms with Gasteiger partial charge in [0.2, 0.25) is 0 Å². The van der Waals surface area contributed by atoms with Gasteiger partial charge < -0.3 is 19.3 Å². The van der Waals surface area contributed by atoms with E-state index in [0.29, 0.717) is 62.2 Å². The molecule has 2 aliphatic rings. The topological polar surface area (TPSA) is 99.1 Å². The molecule has 0 fully saturated rings. The first-order chi connectivity index (χ1) is 18.2. The lowest BCUT2D eigenvalue weighted by atomic mass is 9.83. The second kappa shape index (κ2) is 12.3. The van der Waals surface area contributed by atoms with Crippen molar-refractivity contribution in [3.63, 3.8) is 0 Å². The molecular formula is C31H36O7. The molecule has 0 saturated heterocycles. The zero-order chi connectivity index (χ0) is 27.2. The molecule has 4 rings (SSSR count). The molecular weight excluding hydrogens is 484 g/mol. The molecule has 2 aromatic rings. The molecule has 2 aromatic carbocycles. The molecule has 202 valence electrons. The molecule has 0 aromatic heterocycles. The number of cyclic esters (lactones) is 1. The van der Waals surface area contributed by atoms with E-state index in [9.17, 15) is 19.5 Å². The average Bonchev–Trinajstić information content (AvgIpc) is 2.86. The van der Waals surface area contributed by atoms with E-state index < -0.39 is 24.0 Å². The fourth-order valence-electron chi connectivity index (χ4n) is 4.86. The molecule has 1 N–H and O–H groups in total. The van der Waals surface area contributed by atoms with Crippen LogP contribution in [0, 0.1) is 5.92 Å². The Morgan fingerprint density at radius 3 is 2.55 bits per heavy atom. The van der Waals surface area contributed by atoms with Crippen molar-refractivity contribution in [2.75, 3.05) is 6.61 Å². The smallest absolute Gasteiger partial charge is 0.342 e. The van der Waals surface area contributed by atoms with Crippen molar-refractivity contribution >= 4 is 23.8 Å². The van der Waals surface area contributed by atoms with Gasteiger partial charge in [-0.3, -0.25) is 9.59 Å². The van der Waals surface area contributed by atoms with E-state index in [1.165, 1.54) is 0 Å². The van der Waals surface area contributed by atoms with Crippen LogP contribution in [0.25, 0.3) is 6.08 Å². The maximum Gasteiger partial charge on any atom is 0.342 e. The maximum absolute atomic E-state index is 13.3. The molecule has 2 heterocycles. The Morgan fingerprint density at radius 2 is 1.82 bits per heavy atom. The number of Topliss-reactive ketones (excluding diaryl/α,β-unsaturated/α-hetero) is 1. The van der Waals surface area contributed by atoms with Crippen LogP contribution in [0.1, 0.15) is 98.7 Å². The number of benzene rings is 2. The fourth-order valence-corrected chi connectivity index (χ4v) is 4.86. The van der Waals surface area contributed by atoms with Gasteiger partial charge in [0.05, 0.1) is 19.1 Å². The molecule has 2 unspecified atom stereocenters. The summed E-state index contributed by atoms with van der Waals surface area (Å²) < 4.78 is 17.0. The van der Waals surface area contributed by atoms with E-state index in [-0.39, 0.29) is 29.3 Å². The molecule has 2 aliphatic heterocycles. The van der Waals surface area contributed by atoms with Gasteiger partial charge in [-0.05, 0) is 67.9 Å². The maximum atomic E-state index is 13.3. The molecule has 38 heavy (non-hydrogen) atoms. The van der Waals surface area contributed by atoms with Crippen molar-refractivity contribution in [2.45, 2.75) is 77.7 Å². The first kappa shape index (κ1) is 27.4. The van der Waals surface area contributed by atoms with E-state index in [0.717, 1.165) is 11.3 Å². The van der Waals surface area contributed by atoms with E-state index in [1.807, 2.05) is 30.3 Å². The second-order valence-corrected chi connectivity index (χ2v) is 10.5. The predicted molar refractivity (Wildman–Crippen MR) is 144 cm³/mol. The molecule has 2 atom stereocenters. The minimum Gasteiger partial charge on any atom is -0.507 e. The van der Waals surface area contributed by atoms with Gasteiger partial charge >= 0.3 is 11.9 Å². The number of carbonyl (C=O) groups is 3. The van der Waals surface area contributed by atoms with E-state index >= 15 is 0 Å². The summed E-state index contributed by atoms with van der Waals surface area (Å²) in [6, 6.07) is 9.05. The lowest BCUT2D eigenvalue weighted by Gasteiger charge is -2.28. The Hall–Kier alpha value is -3.61.